The Morgan fingerprint density at radius 3 is 1.88 bits per heavy atom. The van der Waals surface area contributed by atoms with Gasteiger partial charge in [-0.3, -0.25) is 9.59 Å². The van der Waals surface area contributed by atoms with Crippen molar-refractivity contribution >= 4 is 22.1 Å². The largest absolute Gasteiger partial charge is 0.480 e. The van der Waals surface area contributed by atoms with Gasteiger partial charge in [0.1, 0.15) is 6.54 Å². The van der Waals surface area contributed by atoms with Crippen molar-refractivity contribution in [2.24, 2.45) is 5.73 Å². The van der Waals surface area contributed by atoms with E-state index in [9.17, 15) is 18.0 Å². The molecule has 9 heteroatoms. The predicted octanol–water partition coefficient (Wildman–Crippen LogP) is -1.56. The van der Waals surface area contributed by atoms with Crippen LogP contribution >= 0.6 is 0 Å². The van der Waals surface area contributed by atoms with Crippen LogP contribution < -0.4 is 5.73 Å². The molecule has 0 radical (unpaired) electrons. The minimum atomic E-state index is -3.97. The number of amides is 1. The van der Waals surface area contributed by atoms with E-state index in [1.165, 1.54) is 0 Å². The number of carbonyl (C=O) groups excluding carboxylic acids is 1. The van der Waals surface area contributed by atoms with Gasteiger partial charge in [0, 0.05) is 13.1 Å². The summed E-state index contributed by atoms with van der Waals surface area (Å²) in [5, 5.41) is 8.61. The molecule has 17 heavy (non-hydrogen) atoms. The summed E-state index contributed by atoms with van der Waals surface area (Å²) in [5.74, 6) is -2.25. The van der Waals surface area contributed by atoms with Gasteiger partial charge >= 0.3 is 5.97 Å². The van der Waals surface area contributed by atoms with Crippen LogP contribution in [0, 0.1) is 0 Å². The fraction of sp³-hybridized carbons (Fsp3) is 0.750. The Labute approximate surface area is 100 Å². The third-order valence-electron chi connectivity index (χ3n) is 2.00. The normalized spacial score (nSPS) is 12.0. The first kappa shape index (κ1) is 15.8. The van der Waals surface area contributed by atoms with E-state index in [0.717, 1.165) is 4.31 Å². The van der Waals surface area contributed by atoms with E-state index in [2.05, 4.69) is 0 Å². The van der Waals surface area contributed by atoms with E-state index >= 15 is 0 Å². The minimum Gasteiger partial charge on any atom is -0.480 e. The van der Waals surface area contributed by atoms with Crippen LogP contribution in [-0.2, 0) is 19.8 Å². The third kappa shape index (κ3) is 4.67. The molecular formula is C8H17N3O5S. The maximum Gasteiger partial charge on any atom is 0.318 e. The number of nitrogens with zero attached hydrogens (tertiary/aromatic N) is 2. The molecule has 3 N–H and O–H groups in total. The van der Waals surface area contributed by atoms with Crippen LogP contribution in [0.3, 0.4) is 0 Å². The molecule has 100 valence electrons. The number of primary amides is 1. The Morgan fingerprint density at radius 1 is 1.12 bits per heavy atom. The van der Waals surface area contributed by atoms with Crippen LogP contribution in [0.1, 0.15) is 13.8 Å². The number of rotatable bonds is 8. The zero-order valence-electron chi connectivity index (χ0n) is 9.79. The van der Waals surface area contributed by atoms with E-state index in [0.29, 0.717) is 4.31 Å². The summed E-state index contributed by atoms with van der Waals surface area (Å²) in [6.07, 6.45) is 0. The Bertz CT molecular complexity index is 361. The molecule has 0 aromatic heterocycles. The van der Waals surface area contributed by atoms with Crippen molar-refractivity contribution in [3.63, 3.8) is 0 Å². The van der Waals surface area contributed by atoms with Gasteiger partial charge in [-0.25, -0.2) is 0 Å². The molecule has 0 aliphatic carbocycles. The van der Waals surface area contributed by atoms with Gasteiger partial charge in [0.25, 0.3) is 10.2 Å². The Hall–Kier alpha value is -1.19. The Balaban J connectivity index is 5.13. The highest BCUT2D eigenvalue weighted by Gasteiger charge is 2.30. The molecule has 0 aliphatic rings. The second kappa shape index (κ2) is 6.52. The Morgan fingerprint density at radius 2 is 1.59 bits per heavy atom. The van der Waals surface area contributed by atoms with Crippen molar-refractivity contribution in [1.29, 1.82) is 0 Å². The molecule has 0 rings (SSSR count). The molecule has 0 unspecified atom stereocenters. The second-order valence-corrected chi connectivity index (χ2v) is 5.15. The molecule has 0 atom stereocenters. The average molecular weight is 267 g/mol. The molecule has 0 heterocycles. The topological polar surface area (TPSA) is 121 Å². The lowest BCUT2D eigenvalue weighted by molar-refractivity contribution is -0.137. The fourth-order valence-corrected chi connectivity index (χ4v) is 2.80. The fourth-order valence-electron chi connectivity index (χ4n) is 1.26. The summed E-state index contributed by atoms with van der Waals surface area (Å²) in [4.78, 5) is 21.3. The third-order valence-corrected chi connectivity index (χ3v) is 4.08. The highest BCUT2D eigenvalue weighted by molar-refractivity contribution is 7.86. The average Bonchev–Trinajstić information content (AvgIpc) is 2.16. The van der Waals surface area contributed by atoms with Gasteiger partial charge in [-0.1, -0.05) is 13.8 Å². The lowest BCUT2D eigenvalue weighted by Gasteiger charge is -2.26. The number of carbonyl (C=O) groups is 2. The van der Waals surface area contributed by atoms with Crippen LogP contribution in [0.5, 0.6) is 0 Å². The molecular weight excluding hydrogens is 250 g/mol. The second-order valence-electron chi connectivity index (χ2n) is 3.22. The first-order valence-electron chi connectivity index (χ1n) is 5.01. The minimum absolute atomic E-state index is 0.188. The molecule has 0 aromatic rings. The van der Waals surface area contributed by atoms with Gasteiger partial charge in [-0.2, -0.15) is 17.0 Å². The number of carboxylic acid groups (broad SMARTS) is 1. The lowest BCUT2D eigenvalue weighted by atomic mass is 10.5. The standard InChI is InChI=1S/C8H17N3O5S/c1-3-10(4-2)17(15,16)11(5-7(9)12)6-8(13)14/h3-6H2,1-2H3,(H2,9,12)(H,13,14). The zero-order valence-corrected chi connectivity index (χ0v) is 10.6. The number of hydrogen-bond donors (Lipinski definition) is 2. The maximum atomic E-state index is 11.9. The highest BCUT2D eigenvalue weighted by atomic mass is 32.2. The van der Waals surface area contributed by atoms with Crippen molar-refractivity contribution in [2.45, 2.75) is 13.8 Å². The van der Waals surface area contributed by atoms with Gasteiger partial charge in [-0.15, -0.1) is 0 Å². The molecule has 0 saturated heterocycles. The number of carboxylic acids is 1. The first-order chi connectivity index (χ1) is 7.75. The summed E-state index contributed by atoms with van der Waals surface area (Å²) in [6, 6.07) is 0. The van der Waals surface area contributed by atoms with Gasteiger partial charge in [0.15, 0.2) is 0 Å². The van der Waals surface area contributed by atoms with Crippen molar-refractivity contribution in [1.82, 2.24) is 8.61 Å². The zero-order chi connectivity index (χ0) is 13.6. The predicted molar refractivity (Wildman–Crippen MR) is 60.2 cm³/mol. The molecule has 0 aliphatic heterocycles. The van der Waals surface area contributed by atoms with Gasteiger partial charge in [0.2, 0.25) is 5.91 Å². The van der Waals surface area contributed by atoms with Crippen LogP contribution in [0.2, 0.25) is 0 Å². The van der Waals surface area contributed by atoms with Crippen LogP contribution in [0.25, 0.3) is 0 Å². The summed E-state index contributed by atoms with van der Waals surface area (Å²) >= 11 is 0. The van der Waals surface area contributed by atoms with E-state index in [4.69, 9.17) is 10.8 Å². The van der Waals surface area contributed by atoms with Crippen LogP contribution in [0.15, 0.2) is 0 Å². The number of nitrogens with two attached hydrogens (primary N) is 1. The Kier molecular flexibility index (Phi) is 6.07. The first-order valence-corrected chi connectivity index (χ1v) is 6.40. The molecule has 1 amide bonds. The molecule has 0 spiro atoms. The summed E-state index contributed by atoms with van der Waals surface area (Å²) < 4.78 is 25.5. The summed E-state index contributed by atoms with van der Waals surface area (Å²) in [7, 11) is -3.97. The highest BCUT2D eigenvalue weighted by Crippen LogP contribution is 2.07. The van der Waals surface area contributed by atoms with E-state index in [1.807, 2.05) is 0 Å². The van der Waals surface area contributed by atoms with Crippen molar-refractivity contribution in [3.8, 4) is 0 Å². The van der Waals surface area contributed by atoms with E-state index in [1.54, 1.807) is 13.8 Å². The number of hydrogen-bond acceptors (Lipinski definition) is 4. The monoisotopic (exact) mass is 267 g/mol. The SMILES string of the molecule is CCN(CC)S(=O)(=O)N(CC(N)=O)CC(=O)O. The lowest BCUT2D eigenvalue weighted by Crippen LogP contribution is -2.48. The quantitative estimate of drug-likeness (QED) is 0.551. The van der Waals surface area contributed by atoms with Crippen molar-refractivity contribution in [3.05, 3.63) is 0 Å². The smallest absolute Gasteiger partial charge is 0.318 e. The molecule has 0 bridgehead atoms. The van der Waals surface area contributed by atoms with Gasteiger partial charge in [-0.05, 0) is 0 Å². The van der Waals surface area contributed by atoms with Crippen LogP contribution in [0.4, 0.5) is 0 Å². The van der Waals surface area contributed by atoms with Crippen molar-refractivity contribution in [2.75, 3.05) is 26.2 Å². The van der Waals surface area contributed by atoms with Gasteiger partial charge < -0.3 is 10.8 Å². The van der Waals surface area contributed by atoms with E-state index < -0.39 is 35.2 Å². The number of aliphatic carboxylic acids is 1. The van der Waals surface area contributed by atoms with Crippen LogP contribution in [-0.4, -0.2) is 60.2 Å². The molecule has 0 fully saturated rings. The molecule has 8 nitrogen and oxygen atoms in total. The molecule has 0 aromatic carbocycles. The van der Waals surface area contributed by atoms with Gasteiger partial charge in [0.05, 0.1) is 6.54 Å². The summed E-state index contributed by atoms with van der Waals surface area (Å²) in [6.45, 7) is 2.17. The van der Waals surface area contributed by atoms with E-state index in [-0.39, 0.29) is 13.1 Å². The summed E-state index contributed by atoms with van der Waals surface area (Å²) in [5.41, 5.74) is 4.89. The maximum absolute atomic E-state index is 11.9. The van der Waals surface area contributed by atoms with Crippen molar-refractivity contribution < 1.29 is 23.1 Å². The molecule has 0 saturated carbocycles.